The van der Waals surface area contributed by atoms with Crippen LogP contribution < -0.4 is 10.2 Å². The van der Waals surface area contributed by atoms with Crippen LogP contribution in [0, 0.1) is 0 Å². The average molecular weight is 247 g/mol. The highest BCUT2D eigenvalue weighted by Crippen LogP contribution is 2.27. The quantitative estimate of drug-likeness (QED) is 0.860. The van der Waals surface area contributed by atoms with Crippen LogP contribution in [-0.2, 0) is 0 Å². The summed E-state index contributed by atoms with van der Waals surface area (Å²) in [5, 5.41) is 3.42. The fourth-order valence-corrected chi connectivity index (χ4v) is 2.72. The standard InChI is InChI=1S/C15H25N3/c1-3-8-17-13-10-15(12-16-11-13)18-9-6-5-7-14(18)4-2/h10-12,14,17H,3-9H2,1-2H3. The summed E-state index contributed by atoms with van der Waals surface area (Å²) in [5.74, 6) is 0. The van der Waals surface area contributed by atoms with E-state index in [1.165, 1.54) is 37.9 Å². The zero-order chi connectivity index (χ0) is 12.8. The Hall–Kier alpha value is -1.25. The Kier molecular flexibility index (Phi) is 4.85. The molecule has 0 bridgehead atoms. The number of piperidine rings is 1. The summed E-state index contributed by atoms with van der Waals surface area (Å²) < 4.78 is 0. The van der Waals surface area contributed by atoms with E-state index in [1.54, 1.807) is 0 Å². The lowest BCUT2D eigenvalue weighted by Gasteiger charge is -2.37. The maximum Gasteiger partial charge on any atom is 0.0575 e. The highest BCUT2D eigenvalue weighted by molar-refractivity contribution is 5.56. The minimum absolute atomic E-state index is 0.696. The van der Waals surface area contributed by atoms with Crippen molar-refractivity contribution < 1.29 is 0 Å². The van der Waals surface area contributed by atoms with E-state index in [-0.39, 0.29) is 0 Å². The first-order chi connectivity index (χ1) is 8.85. The van der Waals surface area contributed by atoms with Crippen molar-refractivity contribution >= 4 is 11.4 Å². The molecule has 1 saturated heterocycles. The second-order valence-electron chi connectivity index (χ2n) is 5.11. The number of nitrogens with zero attached hydrogens (tertiary/aromatic N) is 2. The molecule has 0 spiro atoms. The summed E-state index contributed by atoms with van der Waals surface area (Å²) >= 11 is 0. The first kappa shape index (κ1) is 13.2. The molecule has 1 aromatic rings. The largest absolute Gasteiger partial charge is 0.384 e. The van der Waals surface area contributed by atoms with Crippen LogP contribution in [-0.4, -0.2) is 24.1 Å². The van der Waals surface area contributed by atoms with Gasteiger partial charge in [-0.05, 0) is 38.2 Å². The van der Waals surface area contributed by atoms with E-state index in [2.05, 4.69) is 35.1 Å². The van der Waals surface area contributed by atoms with Crippen molar-refractivity contribution in [3.05, 3.63) is 18.5 Å². The molecule has 0 radical (unpaired) electrons. The van der Waals surface area contributed by atoms with Crippen LogP contribution in [0.25, 0.3) is 0 Å². The minimum Gasteiger partial charge on any atom is -0.384 e. The molecule has 0 aromatic carbocycles. The zero-order valence-corrected chi connectivity index (χ0v) is 11.7. The van der Waals surface area contributed by atoms with E-state index < -0.39 is 0 Å². The normalized spacial score (nSPS) is 19.9. The SMILES string of the molecule is CCCNc1cncc(N2CCCCC2CC)c1. The van der Waals surface area contributed by atoms with E-state index in [4.69, 9.17) is 0 Å². The maximum absolute atomic E-state index is 4.38. The summed E-state index contributed by atoms with van der Waals surface area (Å²) in [5.41, 5.74) is 2.43. The summed E-state index contributed by atoms with van der Waals surface area (Å²) in [6, 6.07) is 2.94. The zero-order valence-electron chi connectivity index (χ0n) is 11.7. The number of aromatic nitrogens is 1. The Balaban J connectivity index is 2.10. The van der Waals surface area contributed by atoms with Gasteiger partial charge in [0.15, 0.2) is 0 Å². The second kappa shape index (κ2) is 6.62. The minimum atomic E-state index is 0.696. The van der Waals surface area contributed by atoms with Gasteiger partial charge in [0.25, 0.3) is 0 Å². The maximum atomic E-state index is 4.38. The molecule has 18 heavy (non-hydrogen) atoms. The molecule has 1 aliphatic rings. The third-order valence-electron chi connectivity index (χ3n) is 3.73. The molecular weight excluding hydrogens is 222 g/mol. The van der Waals surface area contributed by atoms with E-state index in [1.807, 2.05) is 12.4 Å². The summed E-state index contributed by atoms with van der Waals surface area (Å²) in [7, 11) is 0. The Morgan fingerprint density at radius 2 is 2.22 bits per heavy atom. The Morgan fingerprint density at radius 3 is 3.00 bits per heavy atom. The van der Waals surface area contributed by atoms with Crippen molar-refractivity contribution in [1.29, 1.82) is 0 Å². The molecule has 3 nitrogen and oxygen atoms in total. The highest BCUT2D eigenvalue weighted by Gasteiger charge is 2.21. The van der Waals surface area contributed by atoms with Crippen LogP contribution in [0.3, 0.4) is 0 Å². The molecule has 1 N–H and O–H groups in total. The third kappa shape index (κ3) is 3.15. The van der Waals surface area contributed by atoms with Gasteiger partial charge in [-0.2, -0.15) is 0 Å². The molecule has 0 saturated carbocycles. The van der Waals surface area contributed by atoms with Crippen molar-refractivity contribution in [2.45, 2.75) is 52.0 Å². The van der Waals surface area contributed by atoms with Crippen LogP contribution in [0.4, 0.5) is 11.4 Å². The first-order valence-electron chi connectivity index (χ1n) is 7.30. The highest BCUT2D eigenvalue weighted by atomic mass is 15.2. The van der Waals surface area contributed by atoms with E-state index >= 15 is 0 Å². The molecule has 1 aliphatic heterocycles. The fraction of sp³-hybridized carbons (Fsp3) is 0.667. The van der Waals surface area contributed by atoms with Gasteiger partial charge < -0.3 is 10.2 Å². The lowest BCUT2D eigenvalue weighted by Crippen LogP contribution is -2.39. The van der Waals surface area contributed by atoms with Crippen LogP contribution in [0.5, 0.6) is 0 Å². The fourth-order valence-electron chi connectivity index (χ4n) is 2.72. The smallest absolute Gasteiger partial charge is 0.0575 e. The van der Waals surface area contributed by atoms with Crippen LogP contribution in [0.2, 0.25) is 0 Å². The lowest BCUT2D eigenvalue weighted by molar-refractivity contribution is 0.449. The predicted octanol–water partition coefficient (Wildman–Crippen LogP) is 3.67. The molecule has 1 atom stereocenters. The molecule has 1 aromatic heterocycles. The van der Waals surface area contributed by atoms with Gasteiger partial charge in [0.05, 0.1) is 23.8 Å². The molecule has 1 unspecified atom stereocenters. The van der Waals surface area contributed by atoms with Crippen molar-refractivity contribution in [3.63, 3.8) is 0 Å². The van der Waals surface area contributed by atoms with Gasteiger partial charge in [-0.15, -0.1) is 0 Å². The van der Waals surface area contributed by atoms with E-state index in [9.17, 15) is 0 Å². The van der Waals surface area contributed by atoms with Gasteiger partial charge in [0.2, 0.25) is 0 Å². The molecule has 2 rings (SSSR count). The van der Waals surface area contributed by atoms with Gasteiger partial charge in [0, 0.05) is 19.1 Å². The van der Waals surface area contributed by atoms with Gasteiger partial charge >= 0.3 is 0 Å². The molecule has 0 aliphatic carbocycles. The van der Waals surface area contributed by atoms with Crippen LogP contribution in [0.1, 0.15) is 46.0 Å². The topological polar surface area (TPSA) is 28.2 Å². The number of hydrogen-bond acceptors (Lipinski definition) is 3. The Labute approximate surface area is 111 Å². The molecule has 1 fully saturated rings. The van der Waals surface area contributed by atoms with Crippen molar-refractivity contribution in [2.75, 3.05) is 23.3 Å². The molecular formula is C15H25N3. The number of hydrogen-bond donors (Lipinski definition) is 1. The van der Waals surface area contributed by atoms with E-state index in [0.717, 1.165) is 18.7 Å². The third-order valence-corrected chi connectivity index (χ3v) is 3.73. The second-order valence-corrected chi connectivity index (χ2v) is 5.11. The molecule has 100 valence electrons. The Bertz CT molecular complexity index is 365. The molecule has 0 amide bonds. The Morgan fingerprint density at radius 1 is 1.33 bits per heavy atom. The van der Waals surface area contributed by atoms with Crippen molar-refractivity contribution in [1.82, 2.24) is 4.98 Å². The summed E-state index contributed by atoms with van der Waals surface area (Å²) in [6.07, 6.45) is 10.3. The van der Waals surface area contributed by atoms with E-state index in [0.29, 0.717) is 6.04 Å². The van der Waals surface area contributed by atoms with Gasteiger partial charge in [-0.1, -0.05) is 13.8 Å². The monoisotopic (exact) mass is 247 g/mol. The average Bonchev–Trinajstić information content (AvgIpc) is 2.45. The number of pyridine rings is 1. The number of nitrogens with one attached hydrogen (secondary N) is 1. The predicted molar refractivity (Wildman–Crippen MR) is 78.3 cm³/mol. The van der Waals surface area contributed by atoms with Crippen LogP contribution >= 0.6 is 0 Å². The van der Waals surface area contributed by atoms with Crippen LogP contribution in [0.15, 0.2) is 18.5 Å². The van der Waals surface area contributed by atoms with Gasteiger partial charge in [-0.3, -0.25) is 4.98 Å². The number of anilines is 2. The first-order valence-corrected chi connectivity index (χ1v) is 7.30. The number of rotatable bonds is 5. The van der Waals surface area contributed by atoms with Gasteiger partial charge in [0.1, 0.15) is 0 Å². The van der Waals surface area contributed by atoms with Gasteiger partial charge in [-0.25, -0.2) is 0 Å². The van der Waals surface area contributed by atoms with Crippen molar-refractivity contribution in [2.24, 2.45) is 0 Å². The van der Waals surface area contributed by atoms with Crippen molar-refractivity contribution in [3.8, 4) is 0 Å². The summed E-state index contributed by atoms with van der Waals surface area (Å²) in [6.45, 7) is 6.66. The molecule has 3 heteroatoms. The molecule has 2 heterocycles. The lowest BCUT2D eigenvalue weighted by atomic mass is 9.99. The summed E-state index contributed by atoms with van der Waals surface area (Å²) in [4.78, 5) is 6.91.